The average molecular weight is 278 g/mol. The van der Waals surface area contributed by atoms with Gasteiger partial charge in [-0.1, -0.05) is 12.1 Å². The van der Waals surface area contributed by atoms with Crippen molar-refractivity contribution in [3.63, 3.8) is 0 Å². The van der Waals surface area contributed by atoms with Crippen LogP contribution < -0.4 is 4.74 Å². The predicted molar refractivity (Wildman–Crippen MR) is 76.2 cm³/mol. The second-order valence-electron chi connectivity index (χ2n) is 6.11. The molecule has 1 aliphatic heterocycles. The van der Waals surface area contributed by atoms with Crippen LogP contribution in [0.15, 0.2) is 24.3 Å². The van der Waals surface area contributed by atoms with E-state index in [0.717, 1.165) is 17.7 Å². The average Bonchev–Trinajstić information content (AvgIpc) is 2.37. The van der Waals surface area contributed by atoms with Gasteiger partial charge in [0.25, 0.3) is 0 Å². The molecular weight excluding hydrogens is 256 g/mol. The summed E-state index contributed by atoms with van der Waals surface area (Å²) in [5.74, 6) is 0.0177. The van der Waals surface area contributed by atoms with E-state index in [1.807, 2.05) is 38.1 Å². The lowest BCUT2D eigenvalue weighted by Crippen LogP contribution is -2.45. The van der Waals surface area contributed by atoms with Gasteiger partial charge in [-0.2, -0.15) is 0 Å². The number of carboxylic acid groups (broad SMARTS) is 1. The van der Waals surface area contributed by atoms with E-state index in [2.05, 4.69) is 0 Å². The van der Waals surface area contributed by atoms with Crippen LogP contribution in [0.2, 0.25) is 0 Å². The summed E-state index contributed by atoms with van der Waals surface area (Å²) in [6.45, 7) is 4.63. The Kier molecular flexibility index (Phi) is 4.04. The predicted octanol–water partition coefficient (Wildman–Crippen LogP) is 3.00. The second-order valence-corrected chi connectivity index (χ2v) is 6.11. The summed E-state index contributed by atoms with van der Waals surface area (Å²) in [6, 6.07) is 7.73. The van der Waals surface area contributed by atoms with Crippen LogP contribution in [0.1, 0.15) is 38.7 Å². The Morgan fingerprint density at radius 1 is 1.35 bits per heavy atom. The molecule has 4 heteroatoms. The highest BCUT2D eigenvalue weighted by atomic mass is 16.5. The first-order valence-corrected chi connectivity index (χ1v) is 6.87. The monoisotopic (exact) mass is 278 g/mol. The molecule has 0 saturated carbocycles. The third-order valence-corrected chi connectivity index (χ3v) is 4.03. The molecule has 1 aromatic carbocycles. The molecule has 0 aliphatic carbocycles. The van der Waals surface area contributed by atoms with Crippen molar-refractivity contribution < 1.29 is 19.4 Å². The molecule has 1 atom stereocenters. The highest BCUT2D eigenvalue weighted by molar-refractivity contribution is 5.69. The molecule has 0 unspecified atom stereocenters. The Labute approximate surface area is 119 Å². The molecule has 1 N–H and O–H groups in total. The van der Waals surface area contributed by atoms with Crippen LogP contribution in [0.25, 0.3) is 0 Å². The Hall–Kier alpha value is -1.55. The van der Waals surface area contributed by atoms with Crippen molar-refractivity contribution in [3.8, 4) is 5.75 Å². The molecule has 1 saturated heterocycles. The van der Waals surface area contributed by atoms with Crippen molar-refractivity contribution in [1.82, 2.24) is 0 Å². The third kappa shape index (κ3) is 3.12. The zero-order valence-electron chi connectivity index (χ0n) is 12.3. The minimum Gasteiger partial charge on any atom is -0.497 e. The van der Waals surface area contributed by atoms with Gasteiger partial charge in [0.15, 0.2) is 0 Å². The lowest BCUT2D eigenvalue weighted by atomic mass is 9.67. The van der Waals surface area contributed by atoms with Crippen molar-refractivity contribution in [2.24, 2.45) is 0 Å². The van der Waals surface area contributed by atoms with Gasteiger partial charge in [-0.3, -0.25) is 4.79 Å². The largest absolute Gasteiger partial charge is 0.497 e. The second kappa shape index (κ2) is 5.44. The summed E-state index contributed by atoms with van der Waals surface area (Å²) in [5.41, 5.74) is 0.394. The van der Waals surface area contributed by atoms with Crippen LogP contribution in [-0.4, -0.2) is 30.4 Å². The number of rotatable bonds is 4. The van der Waals surface area contributed by atoms with Gasteiger partial charge in [-0.05, 0) is 44.4 Å². The molecular formula is C16H22O4. The zero-order valence-corrected chi connectivity index (χ0v) is 12.3. The molecule has 4 nitrogen and oxygen atoms in total. The van der Waals surface area contributed by atoms with Crippen LogP contribution in [0.5, 0.6) is 5.75 Å². The lowest BCUT2D eigenvalue weighted by Gasteiger charge is -2.44. The van der Waals surface area contributed by atoms with Crippen LogP contribution in [-0.2, 0) is 14.9 Å². The summed E-state index contributed by atoms with van der Waals surface area (Å²) in [4.78, 5) is 11.3. The van der Waals surface area contributed by atoms with E-state index < -0.39 is 5.97 Å². The van der Waals surface area contributed by atoms with Gasteiger partial charge in [0.2, 0.25) is 0 Å². The van der Waals surface area contributed by atoms with E-state index in [1.165, 1.54) is 0 Å². The van der Waals surface area contributed by atoms with Crippen molar-refractivity contribution in [3.05, 3.63) is 29.8 Å². The first-order valence-electron chi connectivity index (χ1n) is 6.87. The smallest absolute Gasteiger partial charge is 0.304 e. The number of carbonyl (C=O) groups is 1. The maximum Gasteiger partial charge on any atom is 0.304 e. The zero-order chi connectivity index (χ0) is 14.8. The van der Waals surface area contributed by atoms with Crippen LogP contribution in [0, 0.1) is 0 Å². The van der Waals surface area contributed by atoms with Gasteiger partial charge < -0.3 is 14.6 Å². The number of carboxylic acids is 1. The highest BCUT2D eigenvalue weighted by Gasteiger charge is 2.43. The molecule has 1 aromatic rings. The molecule has 2 rings (SSSR count). The molecule has 0 radical (unpaired) electrons. The Morgan fingerprint density at radius 3 is 2.50 bits per heavy atom. The normalized spacial score (nSPS) is 25.1. The molecule has 20 heavy (non-hydrogen) atoms. The maximum atomic E-state index is 11.3. The highest BCUT2D eigenvalue weighted by Crippen LogP contribution is 2.44. The van der Waals surface area contributed by atoms with Crippen LogP contribution in [0.4, 0.5) is 0 Å². The van der Waals surface area contributed by atoms with E-state index in [9.17, 15) is 9.90 Å². The van der Waals surface area contributed by atoms with E-state index in [-0.39, 0.29) is 17.4 Å². The molecule has 0 aromatic heterocycles. The Bertz CT molecular complexity index is 478. The standard InChI is InChI=1S/C16H22O4/c1-15(2)11-16(8-9-20-15,10-14(17)18)12-4-6-13(19-3)7-5-12/h4-7H,8-11H2,1-3H3,(H,17,18)/t16-/m1/s1. The van der Waals surface area contributed by atoms with Crippen LogP contribution >= 0.6 is 0 Å². The summed E-state index contributed by atoms with van der Waals surface area (Å²) < 4.78 is 10.9. The fourth-order valence-electron chi connectivity index (χ4n) is 3.21. The van der Waals surface area contributed by atoms with Crippen molar-refractivity contribution in [2.75, 3.05) is 13.7 Å². The van der Waals surface area contributed by atoms with E-state index in [4.69, 9.17) is 9.47 Å². The number of hydrogen-bond acceptors (Lipinski definition) is 3. The number of hydrogen-bond donors (Lipinski definition) is 1. The minimum absolute atomic E-state index is 0.131. The third-order valence-electron chi connectivity index (χ3n) is 4.03. The fourth-order valence-corrected chi connectivity index (χ4v) is 3.21. The molecule has 0 bridgehead atoms. The fraction of sp³-hybridized carbons (Fsp3) is 0.562. The summed E-state index contributed by atoms with van der Waals surface area (Å²) in [6.07, 6.45) is 1.57. The summed E-state index contributed by atoms with van der Waals surface area (Å²) in [7, 11) is 1.62. The van der Waals surface area contributed by atoms with Gasteiger partial charge in [0.1, 0.15) is 5.75 Å². The van der Waals surface area contributed by atoms with Gasteiger partial charge in [0.05, 0.1) is 19.1 Å². The van der Waals surface area contributed by atoms with E-state index in [1.54, 1.807) is 7.11 Å². The number of benzene rings is 1. The minimum atomic E-state index is -0.765. The van der Waals surface area contributed by atoms with Gasteiger partial charge >= 0.3 is 5.97 Å². The lowest BCUT2D eigenvalue weighted by molar-refractivity contribution is -0.142. The van der Waals surface area contributed by atoms with Gasteiger partial charge in [0, 0.05) is 12.0 Å². The Morgan fingerprint density at radius 2 is 2.00 bits per heavy atom. The van der Waals surface area contributed by atoms with Crippen LogP contribution in [0.3, 0.4) is 0 Å². The first-order chi connectivity index (χ1) is 9.37. The van der Waals surface area contributed by atoms with Crippen molar-refractivity contribution in [2.45, 2.75) is 44.1 Å². The number of ether oxygens (including phenoxy) is 2. The van der Waals surface area contributed by atoms with Gasteiger partial charge in [-0.25, -0.2) is 0 Å². The number of aliphatic carboxylic acids is 1. The number of methoxy groups -OCH3 is 1. The van der Waals surface area contributed by atoms with Crippen molar-refractivity contribution >= 4 is 5.97 Å². The molecule has 1 heterocycles. The van der Waals surface area contributed by atoms with E-state index in [0.29, 0.717) is 13.0 Å². The Balaban J connectivity index is 2.37. The molecule has 0 spiro atoms. The SMILES string of the molecule is COc1ccc([C@@]2(CC(=O)O)CCOC(C)(C)C2)cc1. The quantitative estimate of drug-likeness (QED) is 0.920. The van der Waals surface area contributed by atoms with Crippen molar-refractivity contribution in [1.29, 1.82) is 0 Å². The topological polar surface area (TPSA) is 55.8 Å². The summed E-state index contributed by atoms with van der Waals surface area (Å²) >= 11 is 0. The first kappa shape index (κ1) is 14.9. The van der Waals surface area contributed by atoms with E-state index >= 15 is 0 Å². The summed E-state index contributed by atoms with van der Waals surface area (Å²) in [5, 5.41) is 9.30. The molecule has 110 valence electrons. The molecule has 0 amide bonds. The molecule has 1 aliphatic rings. The molecule has 1 fully saturated rings. The maximum absolute atomic E-state index is 11.3. The van der Waals surface area contributed by atoms with Gasteiger partial charge in [-0.15, -0.1) is 0 Å².